The zero-order valence-corrected chi connectivity index (χ0v) is 14.8. The van der Waals surface area contributed by atoms with Gasteiger partial charge in [-0.2, -0.15) is 0 Å². The summed E-state index contributed by atoms with van der Waals surface area (Å²) in [6, 6.07) is 8.04. The van der Waals surface area contributed by atoms with E-state index in [-0.39, 0.29) is 11.1 Å². The number of nitrogen functional groups attached to an aromatic ring is 1. The van der Waals surface area contributed by atoms with Crippen LogP contribution in [0.5, 0.6) is 5.75 Å². The van der Waals surface area contributed by atoms with Crippen LogP contribution >= 0.6 is 11.6 Å². The molecule has 1 saturated carbocycles. The van der Waals surface area contributed by atoms with E-state index in [1.165, 1.54) is 31.3 Å². The molecule has 5 nitrogen and oxygen atoms in total. The third-order valence-corrected chi connectivity index (χ3v) is 4.83. The number of nitrogens with one attached hydrogen (secondary N) is 1. The van der Waals surface area contributed by atoms with Crippen LogP contribution in [0.4, 0.5) is 21.6 Å². The Bertz CT molecular complexity index is 960. The van der Waals surface area contributed by atoms with Gasteiger partial charge in [-0.1, -0.05) is 11.6 Å². The Balaban J connectivity index is 1.67. The van der Waals surface area contributed by atoms with Gasteiger partial charge in [-0.3, -0.25) is 0 Å². The van der Waals surface area contributed by atoms with Crippen molar-refractivity contribution in [3.05, 3.63) is 47.5 Å². The van der Waals surface area contributed by atoms with Crippen LogP contribution in [-0.4, -0.2) is 16.1 Å². The van der Waals surface area contributed by atoms with Crippen molar-refractivity contribution < 1.29 is 9.13 Å². The Labute approximate surface area is 155 Å². The first-order valence-electron chi connectivity index (χ1n) is 8.53. The van der Waals surface area contributed by atoms with Crippen LogP contribution in [0.2, 0.25) is 5.02 Å². The first-order valence-corrected chi connectivity index (χ1v) is 8.91. The number of benzene rings is 2. The summed E-state index contributed by atoms with van der Waals surface area (Å²) in [5.74, 6) is 0.748. The van der Waals surface area contributed by atoms with Gasteiger partial charge < -0.3 is 15.8 Å². The molecule has 1 aliphatic carbocycles. The molecule has 0 aliphatic heterocycles. The molecule has 1 aliphatic rings. The summed E-state index contributed by atoms with van der Waals surface area (Å²) in [5.41, 5.74) is 8.08. The Morgan fingerprint density at radius 3 is 2.73 bits per heavy atom. The highest BCUT2D eigenvalue weighted by molar-refractivity contribution is 6.31. The van der Waals surface area contributed by atoms with Crippen molar-refractivity contribution in [2.24, 2.45) is 0 Å². The highest BCUT2D eigenvalue weighted by Gasteiger charge is 2.18. The second kappa shape index (κ2) is 6.96. The lowest BCUT2D eigenvalue weighted by molar-refractivity contribution is 0.211. The maximum absolute atomic E-state index is 13.3. The zero-order valence-electron chi connectivity index (χ0n) is 14.0. The Morgan fingerprint density at radius 2 is 1.96 bits per heavy atom. The normalized spacial score (nSPS) is 14.7. The van der Waals surface area contributed by atoms with Crippen molar-refractivity contribution >= 4 is 39.7 Å². The van der Waals surface area contributed by atoms with Crippen LogP contribution < -0.4 is 15.8 Å². The summed E-state index contributed by atoms with van der Waals surface area (Å²) >= 11 is 5.84. The van der Waals surface area contributed by atoms with Gasteiger partial charge >= 0.3 is 0 Å². The summed E-state index contributed by atoms with van der Waals surface area (Å²) < 4.78 is 19.4. The molecule has 0 saturated heterocycles. The minimum Gasteiger partial charge on any atom is -0.488 e. The molecule has 134 valence electrons. The van der Waals surface area contributed by atoms with E-state index in [0.29, 0.717) is 22.9 Å². The molecule has 1 aromatic heterocycles. The largest absolute Gasteiger partial charge is 0.488 e. The molecule has 7 heteroatoms. The molecule has 4 rings (SSSR count). The van der Waals surface area contributed by atoms with Crippen molar-refractivity contribution in [1.29, 1.82) is 0 Å². The van der Waals surface area contributed by atoms with Crippen molar-refractivity contribution in [3.8, 4) is 5.75 Å². The summed E-state index contributed by atoms with van der Waals surface area (Å²) in [6.07, 6.45) is 6.17. The van der Waals surface area contributed by atoms with E-state index in [1.807, 2.05) is 6.07 Å². The van der Waals surface area contributed by atoms with Crippen LogP contribution in [0.25, 0.3) is 10.9 Å². The number of hydrogen-bond acceptors (Lipinski definition) is 5. The van der Waals surface area contributed by atoms with E-state index in [2.05, 4.69) is 15.3 Å². The van der Waals surface area contributed by atoms with Crippen molar-refractivity contribution in [2.75, 3.05) is 11.1 Å². The van der Waals surface area contributed by atoms with E-state index in [1.54, 1.807) is 12.1 Å². The highest BCUT2D eigenvalue weighted by Crippen LogP contribution is 2.34. The van der Waals surface area contributed by atoms with E-state index in [0.717, 1.165) is 23.7 Å². The lowest BCUT2D eigenvalue weighted by Gasteiger charge is -2.16. The number of nitrogens with zero attached hydrogens (tertiary/aromatic N) is 2. The maximum Gasteiger partial charge on any atom is 0.144 e. The molecule has 0 unspecified atom stereocenters. The number of ether oxygens (including phenoxy) is 1. The van der Waals surface area contributed by atoms with Gasteiger partial charge in [0.25, 0.3) is 0 Å². The molecule has 1 heterocycles. The number of anilines is 3. The minimum absolute atomic E-state index is 0.0418. The van der Waals surface area contributed by atoms with Crippen LogP contribution in [0, 0.1) is 5.82 Å². The monoisotopic (exact) mass is 372 g/mol. The summed E-state index contributed by atoms with van der Waals surface area (Å²) in [6.45, 7) is 0. The number of fused-ring (bicyclic) bond motifs is 1. The molecule has 26 heavy (non-hydrogen) atoms. The second-order valence-corrected chi connectivity index (χ2v) is 6.81. The summed E-state index contributed by atoms with van der Waals surface area (Å²) in [5, 5.41) is 3.93. The molecular weight excluding hydrogens is 355 g/mol. The van der Waals surface area contributed by atoms with E-state index in [9.17, 15) is 4.39 Å². The first-order chi connectivity index (χ1) is 12.6. The van der Waals surface area contributed by atoms with Gasteiger partial charge in [0.15, 0.2) is 0 Å². The molecule has 0 amide bonds. The number of rotatable bonds is 4. The quantitative estimate of drug-likeness (QED) is 0.625. The van der Waals surface area contributed by atoms with Gasteiger partial charge in [-0.05, 0) is 49.9 Å². The number of nitrogens with two attached hydrogens (primary N) is 1. The Morgan fingerprint density at radius 1 is 1.15 bits per heavy atom. The molecule has 2 aromatic carbocycles. The molecule has 3 N–H and O–H groups in total. The second-order valence-electron chi connectivity index (χ2n) is 6.41. The molecule has 3 aromatic rings. The zero-order chi connectivity index (χ0) is 18.1. The van der Waals surface area contributed by atoms with Gasteiger partial charge in [0, 0.05) is 17.1 Å². The van der Waals surface area contributed by atoms with Crippen LogP contribution in [0.3, 0.4) is 0 Å². The smallest absolute Gasteiger partial charge is 0.144 e. The number of hydrogen-bond donors (Lipinski definition) is 2. The fourth-order valence-electron chi connectivity index (χ4n) is 3.20. The molecule has 0 radical (unpaired) electrons. The lowest BCUT2D eigenvalue weighted by atomic mass is 10.2. The number of halogens is 2. The predicted octanol–water partition coefficient (Wildman–Crippen LogP) is 5.07. The molecule has 1 fully saturated rings. The first kappa shape index (κ1) is 16.8. The van der Waals surface area contributed by atoms with E-state index < -0.39 is 5.82 Å². The average Bonchev–Trinajstić information content (AvgIpc) is 3.13. The third kappa shape index (κ3) is 3.37. The standard InChI is InChI=1S/C19H18ClFN4O/c20-14-7-11(5-6-15(14)21)25-19-13-8-16(22)18(9-17(13)23-10-24-19)26-12-3-1-2-4-12/h5-10,12H,1-4,22H2,(H,23,24,25). The summed E-state index contributed by atoms with van der Waals surface area (Å²) in [4.78, 5) is 8.59. The average molecular weight is 373 g/mol. The van der Waals surface area contributed by atoms with Gasteiger partial charge in [-0.25, -0.2) is 14.4 Å². The summed E-state index contributed by atoms with van der Waals surface area (Å²) in [7, 11) is 0. The fraction of sp³-hybridized carbons (Fsp3) is 0.263. The van der Waals surface area contributed by atoms with Gasteiger partial charge in [0.2, 0.25) is 0 Å². The lowest BCUT2D eigenvalue weighted by Crippen LogP contribution is -2.12. The van der Waals surface area contributed by atoms with Crippen molar-refractivity contribution in [1.82, 2.24) is 9.97 Å². The molecule has 0 atom stereocenters. The van der Waals surface area contributed by atoms with Crippen LogP contribution in [0.1, 0.15) is 25.7 Å². The van der Waals surface area contributed by atoms with Crippen LogP contribution in [-0.2, 0) is 0 Å². The number of aromatic nitrogens is 2. The molecule has 0 bridgehead atoms. The van der Waals surface area contributed by atoms with Crippen LogP contribution in [0.15, 0.2) is 36.7 Å². The van der Waals surface area contributed by atoms with Crippen molar-refractivity contribution in [3.63, 3.8) is 0 Å². The Kier molecular flexibility index (Phi) is 4.51. The van der Waals surface area contributed by atoms with Crippen molar-refractivity contribution in [2.45, 2.75) is 31.8 Å². The van der Waals surface area contributed by atoms with Gasteiger partial charge in [-0.15, -0.1) is 0 Å². The van der Waals surface area contributed by atoms with E-state index >= 15 is 0 Å². The van der Waals surface area contributed by atoms with Gasteiger partial charge in [0.1, 0.15) is 23.7 Å². The molecule has 0 spiro atoms. The predicted molar refractivity (Wildman–Crippen MR) is 102 cm³/mol. The minimum atomic E-state index is -0.470. The van der Waals surface area contributed by atoms with Gasteiger partial charge in [0.05, 0.1) is 22.3 Å². The maximum atomic E-state index is 13.3. The van der Waals surface area contributed by atoms with E-state index in [4.69, 9.17) is 22.1 Å². The highest BCUT2D eigenvalue weighted by atomic mass is 35.5. The molecular formula is C19H18ClFN4O. The Hall–Kier alpha value is -2.60. The topological polar surface area (TPSA) is 73.1 Å². The SMILES string of the molecule is Nc1cc2c(Nc3ccc(F)c(Cl)c3)ncnc2cc1OC1CCCC1. The fourth-order valence-corrected chi connectivity index (χ4v) is 3.38. The third-order valence-electron chi connectivity index (χ3n) is 4.55.